The van der Waals surface area contributed by atoms with Crippen LogP contribution in [0.1, 0.15) is 18.4 Å². The summed E-state index contributed by atoms with van der Waals surface area (Å²) >= 11 is 0. The summed E-state index contributed by atoms with van der Waals surface area (Å²) in [6.07, 6.45) is 5.41. The highest BCUT2D eigenvalue weighted by atomic mass is 32.2. The zero-order valence-corrected chi connectivity index (χ0v) is 14.7. The molecule has 2 amide bonds. The van der Waals surface area contributed by atoms with Crippen LogP contribution in [-0.4, -0.2) is 55.0 Å². The SMILES string of the molecule is O=C(N[C@@H]1CCS(=O)(=O)C1)N1CC=C(c2c[nH]c3ccccc23)CC1. The van der Waals surface area contributed by atoms with E-state index < -0.39 is 9.84 Å². The number of carbonyl (C=O) groups is 1. The van der Waals surface area contributed by atoms with Crippen molar-refractivity contribution in [2.75, 3.05) is 24.6 Å². The van der Waals surface area contributed by atoms with Crippen LogP contribution in [0.4, 0.5) is 4.79 Å². The number of hydrogen-bond donors (Lipinski definition) is 2. The molecule has 2 aliphatic heterocycles. The first-order valence-corrected chi connectivity index (χ1v) is 10.4. The molecule has 1 aromatic carbocycles. The van der Waals surface area contributed by atoms with Gasteiger partial charge in [0.2, 0.25) is 0 Å². The summed E-state index contributed by atoms with van der Waals surface area (Å²) in [7, 11) is -2.98. The highest BCUT2D eigenvalue weighted by Gasteiger charge is 2.30. The van der Waals surface area contributed by atoms with Crippen molar-refractivity contribution in [3.63, 3.8) is 0 Å². The number of amides is 2. The second-order valence-corrected chi connectivity index (χ2v) is 8.95. The van der Waals surface area contributed by atoms with Crippen LogP contribution in [0.25, 0.3) is 16.5 Å². The lowest BCUT2D eigenvalue weighted by atomic mass is 9.99. The Labute approximate surface area is 146 Å². The molecule has 0 bridgehead atoms. The van der Waals surface area contributed by atoms with Crippen LogP contribution in [0.3, 0.4) is 0 Å². The van der Waals surface area contributed by atoms with Crippen LogP contribution in [0, 0.1) is 0 Å². The van der Waals surface area contributed by atoms with E-state index in [1.165, 1.54) is 16.5 Å². The first-order chi connectivity index (χ1) is 12.0. The van der Waals surface area contributed by atoms with Crippen molar-refractivity contribution in [3.05, 3.63) is 42.1 Å². The van der Waals surface area contributed by atoms with Gasteiger partial charge in [-0.3, -0.25) is 0 Å². The summed E-state index contributed by atoms with van der Waals surface area (Å²) in [5, 5.41) is 4.05. The van der Waals surface area contributed by atoms with Gasteiger partial charge < -0.3 is 15.2 Å². The standard InChI is InChI=1S/C18H21N3O3S/c22-18(20-14-7-10-25(23,24)12-14)21-8-5-13(6-9-21)16-11-19-17-4-2-1-3-15(16)17/h1-5,11,14,19H,6-10,12H2,(H,20,22)/t14-/m1/s1. The smallest absolute Gasteiger partial charge is 0.317 e. The molecule has 4 rings (SSSR count). The van der Waals surface area contributed by atoms with Crippen molar-refractivity contribution in [1.29, 1.82) is 0 Å². The van der Waals surface area contributed by atoms with Gasteiger partial charge in [0.15, 0.2) is 9.84 Å². The molecule has 1 aromatic heterocycles. The van der Waals surface area contributed by atoms with Crippen LogP contribution >= 0.6 is 0 Å². The van der Waals surface area contributed by atoms with Crippen molar-refractivity contribution in [1.82, 2.24) is 15.2 Å². The lowest BCUT2D eigenvalue weighted by molar-refractivity contribution is 0.200. The number of sulfone groups is 1. The molecule has 6 nitrogen and oxygen atoms in total. The number of benzene rings is 1. The Balaban J connectivity index is 1.42. The Morgan fingerprint density at radius 3 is 2.84 bits per heavy atom. The topological polar surface area (TPSA) is 82.3 Å². The quantitative estimate of drug-likeness (QED) is 0.862. The van der Waals surface area contributed by atoms with Crippen molar-refractivity contribution >= 4 is 32.3 Å². The molecule has 2 N–H and O–H groups in total. The van der Waals surface area contributed by atoms with Crippen LogP contribution in [-0.2, 0) is 9.84 Å². The van der Waals surface area contributed by atoms with Gasteiger partial charge in [-0.25, -0.2) is 13.2 Å². The number of H-pyrrole nitrogens is 1. The molecule has 2 aliphatic rings. The molecule has 25 heavy (non-hydrogen) atoms. The Morgan fingerprint density at radius 2 is 2.12 bits per heavy atom. The van der Waals surface area contributed by atoms with E-state index in [-0.39, 0.29) is 23.6 Å². The molecule has 0 spiro atoms. The number of carbonyl (C=O) groups excluding carboxylic acids is 1. The summed E-state index contributed by atoms with van der Waals surface area (Å²) in [4.78, 5) is 17.4. The Hall–Kier alpha value is -2.28. The van der Waals surface area contributed by atoms with E-state index in [9.17, 15) is 13.2 Å². The number of aromatic amines is 1. The molecule has 1 atom stereocenters. The third-order valence-electron chi connectivity index (χ3n) is 4.99. The lowest BCUT2D eigenvalue weighted by Gasteiger charge is -2.28. The van der Waals surface area contributed by atoms with E-state index in [1.54, 1.807) is 4.90 Å². The van der Waals surface area contributed by atoms with Crippen LogP contribution in [0.5, 0.6) is 0 Å². The summed E-state index contributed by atoms with van der Waals surface area (Å²) in [5.74, 6) is 0.228. The van der Waals surface area contributed by atoms with Crippen molar-refractivity contribution in [2.45, 2.75) is 18.9 Å². The number of rotatable bonds is 2. The van der Waals surface area contributed by atoms with Crippen LogP contribution < -0.4 is 5.32 Å². The molecule has 132 valence electrons. The van der Waals surface area contributed by atoms with Crippen LogP contribution in [0.15, 0.2) is 36.5 Å². The van der Waals surface area contributed by atoms with Crippen molar-refractivity contribution in [2.24, 2.45) is 0 Å². The molecular weight excluding hydrogens is 338 g/mol. The number of para-hydroxylation sites is 1. The van der Waals surface area contributed by atoms with Gasteiger partial charge in [0, 0.05) is 41.8 Å². The third-order valence-corrected chi connectivity index (χ3v) is 6.76. The third kappa shape index (κ3) is 3.28. The maximum atomic E-state index is 12.4. The van der Waals surface area contributed by atoms with Gasteiger partial charge in [-0.2, -0.15) is 0 Å². The molecule has 1 saturated heterocycles. The van der Waals surface area contributed by atoms with E-state index >= 15 is 0 Å². The first kappa shape index (κ1) is 16.2. The number of urea groups is 1. The number of nitrogens with one attached hydrogen (secondary N) is 2. The predicted molar refractivity (Wildman–Crippen MR) is 98.1 cm³/mol. The molecule has 0 aliphatic carbocycles. The summed E-state index contributed by atoms with van der Waals surface area (Å²) in [5.41, 5.74) is 3.54. The van der Waals surface area contributed by atoms with Gasteiger partial charge in [-0.05, 0) is 24.5 Å². The Morgan fingerprint density at radius 1 is 1.28 bits per heavy atom. The summed E-state index contributed by atoms with van der Waals surface area (Å²) < 4.78 is 23.0. The predicted octanol–water partition coefficient (Wildman–Crippen LogP) is 2.15. The molecule has 3 heterocycles. The average molecular weight is 359 g/mol. The second kappa shape index (κ2) is 6.22. The van der Waals surface area contributed by atoms with E-state index in [0.29, 0.717) is 19.5 Å². The number of hydrogen-bond acceptors (Lipinski definition) is 3. The fourth-order valence-electron chi connectivity index (χ4n) is 3.61. The Bertz CT molecular complexity index is 945. The molecule has 1 fully saturated rings. The zero-order chi connectivity index (χ0) is 17.4. The van der Waals surface area contributed by atoms with Gasteiger partial charge in [-0.15, -0.1) is 0 Å². The highest BCUT2D eigenvalue weighted by molar-refractivity contribution is 7.91. The molecule has 0 saturated carbocycles. The molecular formula is C18H21N3O3S. The van der Waals surface area contributed by atoms with Crippen molar-refractivity contribution < 1.29 is 13.2 Å². The molecule has 2 aromatic rings. The van der Waals surface area contributed by atoms with Gasteiger partial charge in [0.1, 0.15) is 0 Å². The minimum absolute atomic E-state index is 0.0585. The van der Waals surface area contributed by atoms with E-state index in [1.807, 2.05) is 18.3 Å². The van der Waals surface area contributed by atoms with Gasteiger partial charge >= 0.3 is 6.03 Å². The summed E-state index contributed by atoms with van der Waals surface area (Å²) in [6.45, 7) is 1.18. The summed E-state index contributed by atoms with van der Waals surface area (Å²) in [6, 6.07) is 7.76. The minimum atomic E-state index is -2.98. The monoisotopic (exact) mass is 359 g/mol. The van der Waals surface area contributed by atoms with Crippen molar-refractivity contribution in [3.8, 4) is 0 Å². The number of fused-ring (bicyclic) bond motifs is 1. The maximum absolute atomic E-state index is 12.4. The maximum Gasteiger partial charge on any atom is 0.317 e. The number of aromatic nitrogens is 1. The molecule has 0 unspecified atom stereocenters. The zero-order valence-electron chi connectivity index (χ0n) is 13.9. The second-order valence-electron chi connectivity index (χ2n) is 6.72. The normalized spacial score (nSPS) is 22.8. The van der Waals surface area contributed by atoms with E-state index in [2.05, 4.69) is 28.5 Å². The largest absolute Gasteiger partial charge is 0.361 e. The minimum Gasteiger partial charge on any atom is -0.361 e. The van der Waals surface area contributed by atoms with Crippen LogP contribution in [0.2, 0.25) is 0 Å². The van der Waals surface area contributed by atoms with Gasteiger partial charge in [0.05, 0.1) is 11.5 Å². The van der Waals surface area contributed by atoms with E-state index in [4.69, 9.17) is 0 Å². The fourth-order valence-corrected chi connectivity index (χ4v) is 5.28. The average Bonchev–Trinajstić information content (AvgIpc) is 3.18. The fraction of sp³-hybridized carbons (Fsp3) is 0.389. The Kier molecular flexibility index (Phi) is 4.03. The lowest BCUT2D eigenvalue weighted by Crippen LogP contribution is -2.46. The first-order valence-electron chi connectivity index (χ1n) is 8.53. The molecule has 7 heteroatoms. The van der Waals surface area contributed by atoms with Gasteiger partial charge in [0.25, 0.3) is 0 Å². The molecule has 0 radical (unpaired) electrons. The van der Waals surface area contributed by atoms with E-state index in [0.717, 1.165) is 11.9 Å². The number of nitrogens with zero attached hydrogens (tertiary/aromatic N) is 1. The highest BCUT2D eigenvalue weighted by Crippen LogP contribution is 2.29. The van der Waals surface area contributed by atoms with Gasteiger partial charge in [-0.1, -0.05) is 24.3 Å².